The zero-order chi connectivity index (χ0) is 20.6. The third-order valence-electron chi connectivity index (χ3n) is 5.35. The number of rotatable bonds is 5. The lowest BCUT2D eigenvalue weighted by atomic mass is 10.1. The highest BCUT2D eigenvalue weighted by molar-refractivity contribution is 5.77. The average Bonchev–Trinajstić information content (AvgIpc) is 3.41. The largest absolute Gasteiger partial charge is 0.497 e. The highest BCUT2D eigenvalue weighted by Gasteiger charge is 2.33. The van der Waals surface area contributed by atoms with Crippen LogP contribution in [0, 0.1) is 0 Å². The molecule has 0 spiro atoms. The van der Waals surface area contributed by atoms with E-state index in [-0.39, 0.29) is 11.4 Å². The van der Waals surface area contributed by atoms with Crippen LogP contribution >= 0.6 is 0 Å². The molecule has 1 aliphatic rings. The van der Waals surface area contributed by atoms with Crippen LogP contribution in [-0.4, -0.2) is 32.3 Å². The van der Waals surface area contributed by atoms with Gasteiger partial charge in [0.25, 0.3) is 0 Å². The van der Waals surface area contributed by atoms with Gasteiger partial charge >= 0.3 is 0 Å². The van der Waals surface area contributed by atoms with Crippen molar-refractivity contribution >= 4 is 5.91 Å². The van der Waals surface area contributed by atoms with Gasteiger partial charge in [0.2, 0.25) is 5.91 Å². The molecule has 0 unspecified atom stereocenters. The number of aromatic nitrogens is 3. The van der Waals surface area contributed by atoms with Gasteiger partial charge in [-0.25, -0.2) is 4.68 Å². The molecule has 0 saturated carbocycles. The zero-order valence-electron chi connectivity index (χ0n) is 17.6. The summed E-state index contributed by atoms with van der Waals surface area (Å²) in [6, 6.07) is 11.9. The predicted molar refractivity (Wildman–Crippen MR) is 112 cm³/mol. The quantitative estimate of drug-likeness (QED) is 0.661. The summed E-state index contributed by atoms with van der Waals surface area (Å²) in [6.45, 7) is 7.65. The van der Waals surface area contributed by atoms with Crippen LogP contribution < -0.4 is 4.74 Å². The van der Waals surface area contributed by atoms with E-state index in [1.807, 2.05) is 53.7 Å². The van der Waals surface area contributed by atoms with Crippen LogP contribution in [0.5, 0.6) is 5.75 Å². The number of benzene rings is 1. The number of hydrogen-bond donors (Lipinski definition) is 0. The molecule has 0 aliphatic carbocycles. The highest BCUT2D eigenvalue weighted by atomic mass is 16.5. The Hall–Kier alpha value is -3.02. The van der Waals surface area contributed by atoms with Gasteiger partial charge in [-0.2, -0.15) is 5.10 Å². The average molecular weight is 393 g/mol. The van der Waals surface area contributed by atoms with E-state index in [1.165, 1.54) is 0 Å². The topological polar surface area (TPSA) is 52.3 Å². The zero-order valence-corrected chi connectivity index (χ0v) is 17.6. The summed E-state index contributed by atoms with van der Waals surface area (Å²) in [7, 11) is 1.66. The maximum atomic E-state index is 12.8. The summed E-state index contributed by atoms with van der Waals surface area (Å²) in [4.78, 5) is 14.8. The number of carbonyl (C=O) groups excluding carboxylic acids is 1. The number of nitrogens with zero attached hydrogens (tertiary/aromatic N) is 4. The molecule has 0 saturated heterocycles. The second-order valence-electron chi connectivity index (χ2n) is 8.52. The van der Waals surface area contributed by atoms with E-state index in [4.69, 9.17) is 9.84 Å². The molecule has 6 heteroatoms. The van der Waals surface area contributed by atoms with Gasteiger partial charge in [-0.1, -0.05) is 12.1 Å². The molecule has 0 atom stereocenters. The Balaban J connectivity index is 1.49. The number of aryl methyl sites for hydroxylation is 1. The van der Waals surface area contributed by atoms with Crippen LogP contribution in [0.15, 0.2) is 48.8 Å². The van der Waals surface area contributed by atoms with Crippen molar-refractivity contribution in [1.29, 1.82) is 0 Å². The summed E-state index contributed by atoms with van der Waals surface area (Å²) in [5.74, 6) is 2.06. The maximum absolute atomic E-state index is 12.8. The van der Waals surface area contributed by atoms with Gasteiger partial charge in [-0.3, -0.25) is 4.79 Å². The monoisotopic (exact) mass is 392 g/mol. The van der Waals surface area contributed by atoms with Crippen molar-refractivity contribution in [3.8, 4) is 11.6 Å². The van der Waals surface area contributed by atoms with Crippen molar-refractivity contribution in [3.05, 3.63) is 65.6 Å². The van der Waals surface area contributed by atoms with E-state index in [2.05, 4.69) is 30.0 Å². The Bertz CT molecular complexity index is 995. The minimum Gasteiger partial charge on any atom is -0.497 e. The van der Waals surface area contributed by atoms with Crippen LogP contribution in [0.3, 0.4) is 0 Å². The minimum atomic E-state index is -0.132. The smallest absolute Gasteiger partial charge is 0.223 e. The first kappa shape index (κ1) is 19.3. The van der Waals surface area contributed by atoms with E-state index in [0.717, 1.165) is 34.8 Å². The Kier molecular flexibility index (Phi) is 4.94. The normalized spacial score (nSPS) is 13.6. The maximum Gasteiger partial charge on any atom is 0.223 e. The first-order chi connectivity index (χ1) is 13.9. The van der Waals surface area contributed by atoms with Crippen molar-refractivity contribution < 1.29 is 9.53 Å². The molecule has 3 heterocycles. The first-order valence-electron chi connectivity index (χ1n) is 10.0. The second kappa shape index (κ2) is 7.43. The number of amides is 1. The van der Waals surface area contributed by atoms with Crippen molar-refractivity contribution in [2.75, 3.05) is 7.11 Å². The van der Waals surface area contributed by atoms with Crippen LogP contribution in [0.1, 0.15) is 44.0 Å². The Labute approximate surface area is 171 Å². The van der Waals surface area contributed by atoms with Gasteiger partial charge in [-0.15, -0.1) is 0 Å². The second-order valence-corrected chi connectivity index (χ2v) is 8.52. The Morgan fingerprint density at radius 1 is 1.10 bits per heavy atom. The van der Waals surface area contributed by atoms with Gasteiger partial charge in [0.05, 0.1) is 31.4 Å². The third kappa shape index (κ3) is 3.79. The molecule has 1 aliphatic heterocycles. The van der Waals surface area contributed by atoms with E-state index in [0.29, 0.717) is 19.5 Å². The van der Waals surface area contributed by atoms with E-state index in [1.54, 1.807) is 7.11 Å². The minimum absolute atomic E-state index is 0.132. The van der Waals surface area contributed by atoms with Crippen molar-refractivity contribution in [2.45, 2.75) is 52.2 Å². The molecule has 1 amide bonds. The van der Waals surface area contributed by atoms with Crippen molar-refractivity contribution in [2.24, 2.45) is 0 Å². The van der Waals surface area contributed by atoms with Crippen LogP contribution in [-0.2, 0) is 29.8 Å². The van der Waals surface area contributed by atoms with E-state index < -0.39 is 0 Å². The Morgan fingerprint density at radius 3 is 2.41 bits per heavy atom. The molecule has 2 aromatic heterocycles. The first-order valence-corrected chi connectivity index (χ1v) is 10.0. The summed E-state index contributed by atoms with van der Waals surface area (Å²) >= 11 is 0. The molecule has 29 heavy (non-hydrogen) atoms. The molecule has 4 rings (SSSR count). The standard InChI is InChI=1S/C23H28N4O2/c1-23(2,3)27-22(25-13-5-6-14-25)19-15-26(16-20(19)24-27)21(28)12-9-17-7-10-18(29-4)11-8-17/h5-8,10-11,13-14H,9,12,15-16H2,1-4H3. The molecule has 0 fully saturated rings. The molecule has 0 N–H and O–H groups in total. The van der Waals surface area contributed by atoms with Crippen LogP contribution in [0.4, 0.5) is 0 Å². The number of hydrogen-bond acceptors (Lipinski definition) is 3. The van der Waals surface area contributed by atoms with Gasteiger partial charge in [0.15, 0.2) is 0 Å². The fourth-order valence-corrected chi connectivity index (χ4v) is 3.79. The van der Waals surface area contributed by atoms with E-state index >= 15 is 0 Å². The van der Waals surface area contributed by atoms with Crippen molar-refractivity contribution in [1.82, 2.24) is 19.2 Å². The molecule has 152 valence electrons. The molecular formula is C23H28N4O2. The lowest BCUT2D eigenvalue weighted by molar-refractivity contribution is -0.131. The van der Waals surface area contributed by atoms with Gasteiger partial charge in [0, 0.05) is 24.4 Å². The lowest BCUT2D eigenvalue weighted by Gasteiger charge is -2.24. The highest BCUT2D eigenvalue weighted by Crippen LogP contribution is 2.32. The molecule has 0 bridgehead atoms. The third-order valence-corrected chi connectivity index (χ3v) is 5.35. The number of fused-ring (bicyclic) bond motifs is 1. The predicted octanol–water partition coefficient (Wildman–Crippen LogP) is 3.91. The number of carbonyl (C=O) groups is 1. The fourth-order valence-electron chi connectivity index (χ4n) is 3.79. The molecule has 1 aromatic carbocycles. The van der Waals surface area contributed by atoms with Gasteiger partial charge in [-0.05, 0) is 57.0 Å². The number of methoxy groups -OCH3 is 1. The molecule has 6 nitrogen and oxygen atoms in total. The van der Waals surface area contributed by atoms with Gasteiger partial charge in [0.1, 0.15) is 11.6 Å². The lowest BCUT2D eigenvalue weighted by Crippen LogP contribution is -2.29. The molecule has 0 radical (unpaired) electrons. The SMILES string of the molecule is COc1ccc(CCC(=O)N2Cc3nn(C(C)(C)C)c(-n4cccc4)c3C2)cc1. The molecular weight excluding hydrogens is 364 g/mol. The summed E-state index contributed by atoms with van der Waals surface area (Å²) < 4.78 is 9.37. The summed E-state index contributed by atoms with van der Waals surface area (Å²) in [5, 5.41) is 4.88. The fraction of sp³-hybridized carbons (Fsp3) is 0.391. The van der Waals surface area contributed by atoms with Crippen LogP contribution in [0.2, 0.25) is 0 Å². The van der Waals surface area contributed by atoms with Gasteiger partial charge < -0.3 is 14.2 Å². The van der Waals surface area contributed by atoms with E-state index in [9.17, 15) is 4.79 Å². The van der Waals surface area contributed by atoms with Crippen LogP contribution in [0.25, 0.3) is 5.82 Å². The summed E-state index contributed by atoms with van der Waals surface area (Å²) in [6.07, 6.45) is 5.29. The van der Waals surface area contributed by atoms with Crippen molar-refractivity contribution in [3.63, 3.8) is 0 Å². The molecule has 3 aromatic rings. The summed E-state index contributed by atoms with van der Waals surface area (Å²) in [5.41, 5.74) is 3.16. The number of ether oxygens (including phenoxy) is 1. The Morgan fingerprint density at radius 2 is 1.79 bits per heavy atom.